The topological polar surface area (TPSA) is 295 Å². The highest BCUT2D eigenvalue weighted by Crippen LogP contribution is 2.06. The van der Waals surface area contributed by atoms with E-state index in [2.05, 4.69) is 20.9 Å². The normalized spacial score (nSPS) is 13.9. The number of hydrogen-bond donors (Lipinski definition) is 9. The summed E-state index contributed by atoms with van der Waals surface area (Å²) < 4.78 is 0. The second-order valence-corrected chi connectivity index (χ2v) is 8.81. The van der Waals surface area contributed by atoms with Gasteiger partial charge in [-0.3, -0.25) is 29.0 Å². The molecule has 4 amide bonds. The largest absolute Gasteiger partial charge is 0.481 e. The van der Waals surface area contributed by atoms with Gasteiger partial charge in [0.15, 0.2) is 5.96 Å². The van der Waals surface area contributed by atoms with Crippen molar-refractivity contribution in [1.82, 2.24) is 16.0 Å². The van der Waals surface area contributed by atoms with Crippen LogP contribution in [0.15, 0.2) is 4.99 Å². The molecule has 0 aromatic carbocycles. The van der Waals surface area contributed by atoms with Crippen molar-refractivity contribution < 1.29 is 39.0 Å². The van der Waals surface area contributed by atoms with Gasteiger partial charge in [-0.25, -0.2) is 4.79 Å². The lowest BCUT2D eigenvalue weighted by atomic mass is 10.0. The number of carbonyl (C=O) groups excluding carboxylic acids is 4. The maximum absolute atomic E-state index is 12.9. The van der Waals surface area contributed by atoms with Crippen LogP contribution in [0.3, 0.4) is 0 Å². The van der Waals surface area contributed by atoms with Crippen LogP contribution in [0.25, 0.3) is 0 Å². The molecule has 0 aromatic rings. The minimum Gasteiger partial charge on any atom is -0.481 e. The molecule has 0 fully saturated rings. The van der Waals surface area contributed by atoms with Crippen molar-refractivity contribution >= 4 is 41.5 Å². The smallest absolute Gasteiger partial charge is 0.326 e. The van der Waals surface area contributed by atoms with Gasteiger partial charge in [-0.15, -0.1) is 0 Å². The maximum atomic E-state index is 12.9. The van der Waals surface area contributed by atoms with Gasteiger partial charge in [-0.05, 0) is 31.6 Å². The van der Waals surface area contributed by atoms with E-state index < -0.39 is 66.2 Å². The Hall–Kier alpha value is -3.95. The van der Waals surface area contributed by atoms with Gasteiger partial charge in [-0.1, -0.05) is 13.8 Å². The van der Waals surface area contributed by atoms with Crippen LogP contribution in [0, 0.1) is 5.92 Å². The highest BCUT2D eigenvalue weighted by molar-refractivity contribution is 5.95. The van der Waals surface area contributed by atoms with E-state index in [9.17, 15) is 39.0 Å². The number of amides is 4. The number of guanidine groups is 1. The predicted octanol–water partition coefficient (Wildman–Crippen LogP) is -3.31. The summed E-state index contributed by atoms with van der Waals surface area (Å²) in [5.74, 6) is -6.49. The van der Waals surface area contributed by atoms with Crippen molar-refractivity contribution in [3.05, 3.63) is 0 Å². The van der Waals surface area contributed by atoms with Crippen LogP contribution in [0.1, 0.15) is 52.4 Å². The van der Waals surface area contributed by atoms with E-state index in [1.54, 1.807) is 0 Å². The number of nitrogens with one attached hydrogen (secondary N) is 3. The zero-order chi connectivity index (χ0) is 28.7. The Balaban J connectivity index is 5.55. The van der Waals surface area contributed by atoms with Crippen LogP contribution >= 0.6 is 0 Å². The zero-order valence-corrected chi connectivity index (χ0v) is 20.9. The maximum Gasteiger partial charge on any atom is 0.326 e. The molecule has 0 saturated heterocycles. The average Bonchev–Trinajstić information content (AvgIpc) is 2.76. The molecule has 13 N–H and O–H groups in total. The molecule has 0 aliphatic heterocycles. The molecule has 0 rings (SSSR count). The second kappa shape index (κ2) is 16.7. The number of nitrogens with zero attached hydrogens (tertiary/aromatic N) is 1. The van der Waals surface area contributed by atoms with Crippen molar-refractivity contribution in [3.8, 4) is 0 Å². The zero-order valence-electron chi connectivity index (χ0n) is 20.9. The Morgan fingerprint density at radius 3 is 1.84 bits per heavy atom. The van der Waals surface area contributed by atoms with Crippen molar-refractivity contribution in [2.45, 2.75) is 76.5 Å². The Morgan fingerprint density at radius 2 is 1.35 bits per heavy atom. The molecule has 16 heteroatoms. The minimum absolute atomic E-state index is 0.0731. The molecular formula is C21H38N8O8. The van der Waals surface area contributed by atoms with Gasteiger partial charge in [0.2, 0.25) is 23.6 Å². The highest BCUT2D eigenvalue weighted by Gasteiger charge is 2.31. The van der Waals surface area contributed by atoms with E-state index in [0.29, 0.717) is 6.42 Å². The molecule has 4 atom stereocenters. The van der Waals surface area contributed by atoms with E-state index in [4.69, 9.17) is 22.9 Å². The van der Waals surface area contributed by atoms with E-state index >= 15 is 0 Å². The first-order valence-electron chi connectivity index (χ1n) is 11.6. The van der Waals surface area contributed by atoms with E-state index in [0.717, 1.165) is 0 Å². The SMILES string of the molecule is CC(C)CC(N)C(=O)NC(CCC(N)=O)C(=O)NC(CC(=O)O)C(=O)NC(CCCN=C(N)N)C(=O)O. The standard InChI is InChI=1S/C21H38N8O8/c1-10(2)8-11(22)17(33)27-12(5-6-15(23)30)18(34)29-14(9-16(31)32)19(35)28-13(20(36)37)4-3-7-26-21(24)25/h10-14H,3-9,22H2,1-2H3,(H2,23,30)(H,27,33)(H,28,35)(H,29,34)(H,31,32)(H,36,37)(H4,24,25,26). The number of rotatable bonds is 18. The fourth-order valence-corrected chi connectivity index (χ4v) is 3.14. The van der Waals surface area contributed by atoms with Gasteiger partial charge in [0.25, 0.3) is 0 Å². The Labute approximate surface area is 214 Å². The molecule has 16 nitrogen and oxygen atoms in total. The van der Waals surface area contributed by atoms with Crippen LogP contribution in [-0.4, -0.2) is 82.5 Å². The summed E-state index contributed by atoms with van der Waals surface area (Å²) in [6.07, 6.45) is -1.03. The van der Waals surface area contributed by atoms with Gasteiger partial charge in [-0.2, -0.15) is 0 Å². The molecule has 0 aromatic heterocycles. The fraction of sp³-hybridized carbons (Fsp3) is 0.667. The molecule has 0 spiro atoms. The average molecular weight is 531 g/mol. The number of carboxylic acid groups (broad SMARTS) is 2. The predicted molar refractivity (Wildman–Crippen MR) is 131 cm³/mol. The van der Waals surface area contributed by atoms with Crippen molar-refractivity contribution in [2.75, 3.05) is 6.54 Å². The van der Waals surface area contributed by atoms with Crippen molar-refractivity contribution in [2.24, 2.45) is 33.8 Å². The molecule has 0 saturated carbocycles. The molecule has 37 heavy (non-hydrogen) atoms. The van der Waals surface area contributed by atoms with Gasteiger partial charge < -0.3 is 49.1 Å². The first kappa shape index (κ1) is 33.0. The molecule has 4 unspecified atom stereocenters. The Morgan fingerprint density at radius 1 is 0.811 bits per heavy atom. The third-order valence-corrected chi connectivity index (χ3v) is 4.95. The lowest BCUT2D eigenvalue weighted by molar-refractivity contribution is -0.143. The van der Waals surface area contributed by atoms with Crippen LogP contribution in [0.5, 0.6) is 0 Å². The lowest BCUT2D eigenvalue weighted by Crippen LogP contribution is -2.57. The number of hydrogen-bond acceptors (Lipinski definition) is 8. The quantitative estimate of drug-likeness (QED) is 0.0480. The van der Waals surface area contributed by atoms with Gasteiger partial charge >= 0.3 is 11.9 Å². The molecule has 0 bridgehead atoms. The Bertz CT molecular complexity index is 859. The van der Waals surface area contributed by atoms with Gasteiger partial charge in [0.05, 0.1) is 12.5 Å². The van der Waals surface area contributed by atoms with E-state index in [1.165, 1.54) is 0 Å². The number of carbonyl (C=O) groups is 6. The first-order chi connectivity index (χ1) is 17.1. The molecule has 0 radical (unpaired) electrons. The minimum atomic E-state index is -1.69. The van der Waals surface area contributed by atoms with E-state index in [-0.39, 0.29) is 44.1 Å². The highest BCUT2D eigenvalue weighted by atomic mass is 16.4. The molecule has 210 valence electrons. The first-order valence-corrected chi connectivity index (χ1v) is 11.6. The number of nitrogens with two attached hydrogens (primary N) is 4. The number of aliphatic imine (C=N–C) groups is 1. The fourth-order valence-electron chi connectivity index (χ4n) is 3.14. The monoisotopic (exact) mass is 530 g/mol. The van der Waals surface area contributed by atoms with Gasteiger partial charge in [0, 0.05) is 13.0 Å². The number of primary amides is 1. The Kier molecular flexibility index (Phi) is 14.9. The number of aliphatic carboxylic acids is 2. The summed E-state index contributed by atoms with van der Waals surface area (Å²) in [5, 5.41) is 25.4. The third-order valence-electron chi connectivity index (χ3n) is 4.95. The van der Waals surface area contributed by atoms with Gasteiger partial charge in [0.1, 0.15) is 18.1 Å². The van der Waals surface area contributed by atoms with Crippen LogP contribution < -0.4 is 38.9 Å². The van der Waals surface area contributed by atoms with Crippen molar-refractivity contribution in [3.63, 3.8) is 0 Å². The summed E-state index contributed by atoms with van der Waals surface area (Å²) >= 11 is 0. The van der Waals surface area contributed by atoms with Crippen LogP contribution in [0.4, 0.5) is 0 Å². The summed E-state index contributed by atoms with van der Waals surface area (Å²) in [5.41, 5.74) is 21.4. The van der Waals surface area contributed by atoms with E-state index in [1.807, 2.05) is 13.8 Å². The third kappa shape index (κ3) is 14.9. The summed E-state index contributed by atoms with van der Waals surface area (Å²) in [7, 11) is 0. The summed E-state index contributed by atoms with van der Waals surface area (Å²) in [6.45, 7) is 3.77. The second-order valence-electron chi connectivity index (χ2n) is 8.81. The summed E-state index contributed by atoms with van der Waals surface area (Å²) in [6, 6.07) is -5.44. The lowest BCUT2D eigenvalue weighted by Gasteiger charge is -2.24. The molecule has 0 aliphatic rings. The molecular weight excluding hydrogens is 492 g/mol. The molecule has 0 heterocycles. The molecule has 0 aliphatic carbocycles. The van der Waals surface area contributed by atoms with Crippen molar-refractivity contribution in [1.29, 1.82) is 0 Å². The van der Waals surface area contributed by atoms with Crippen LogP contribution in [0.2, 0.25) is 0 Å². The van der Waals surface area contributed by atoms with Crippen LogP contribution in [-0.2, 0) is 28.8 Å². The summed E-state index contributed by atoms with van der Waals surface area (Å²) in [4.78, 5) is 75.8. The number of carboxylic acids is 2.